The summed E-state index contributed by atoms with van der Waals surface area (Å²) in [6.45, 7) is 3.51. The Bertz CT molecular complexity index is 516. The minimum atomic E-state index is 0.525. The Morgan fingerprint density at radius 2 is 2.37 bits per heavy atom. The molecule has 0 aliphatic heterocycles. The second-order valence-electron chi connectivity index (χ2n) is 3.94. The van der Waals surface area contributed by atoms with Gasteiger partial charge in [-0.25, -0.2) is 4.98 Å². The molecule has 7 nitrogen and oxygen atoms in total. The number of hydrogen-bond acceptors (Lipinski definition) is 4. The van der Waals surface area contributed by atoms with Crippen molar-refractivity contribution in [3.8, 4) is 11.6 Å². The Hall–Kier alpha value is -2.31. The van der Waals surface area contributed by atoms with Crippen LogP contribution in [-0.2, 0) is 6.54 Å². The first-order valence-corrected chi connectivity index (χ1v) is 6.23. The average Bonchev–Trinajstić information content (AvgIpc) is 3.09. The van der Waals surface area contributed by atoms with Crippen LogP contribution in [0.25, 0.3) is 11.6 Å². The highest BCUT2D eigenvalue weighted by molar-refractivity contribution is 5.79. The maximum atomic E-state index is 5.23. The van der Waals surface area contributed by atoms with Gasteiger partial charge in [0.15, 0.2) is 11.7 Å². The number of H-pyrrole nitrogens is 1. The van der Waals surface area contributed by atoms with E-state index in [4.69, 9.17) is 4.42 Å². The van der Waals surface area contributed by atoms with Crippen LogP contribution < -0.4 is 10.6 Å². The van der Waals surface area contributed by atoms with Crippen LogP contribution in [0.1, 0.15) is 19.2 Å². The molecular formula is C12H18N6O. The Morgan fingerprint density at radius 3 is 3.05 bits per heavy atom. The molecule has 0 bridgehead atoms. The summed E-state index contributed by atoms with van der Waals surface area (Å²) < 4.78 is 5.23. The molecule has 2 rings (SSSR count). The molecule has 0 atom stereocenters. The van der Waals surface area contributed by atoms with Crippen molar-refractivity contribution in [1.29, 1.82) is 0 Å². The Morgan fingerprint density at radius 1 is 1.47 bits per heavy atom. The normalized spacial score (nSPS) is 11.6. The van der Waals surface area contributed by atoms with Crippen LogP contribution in [0.3, 0.4) is 0 Å². The number of hydrogen-bond donors (Lipinski definition) is 3. The quantitative estimate of drug-likeness (QED) is 0.555. The molecule has 0 spiro atoms. The van der Waals surface area contributed by atoms with Gasteiger partial charge < -0.3 is 15.1 Å². The maximum absolute atomic E-state index is 5.23. The van der Waals surface area contributed by atoms with Gasteiger partial charge in [0, 0.05) is 13.6 Å². The standard InChI is InChI=1S/C12H18N6O/c1-3-6-14-12(13-2)15-8-10-16-11(18-17-10)9-5-4-7-19-9/h4-5,7H,3,6,8H2,1-2H3,(H2,13,14,15)(H,16,17,18). The number of guanidine groups is 1. The Labute approximate surface area is 111 Å². The predicted molar refractivity (Wildman–Crippen MR) is 72.6 cm³/mol. The third kappa shape index (κ3) is 3.57. The fourth-order valence-electron chi connectivity index (χ4n) is 1.52. The van der Waals surface area contributed by atoms with Crippen LogP contribution in [-0.4, -0.2) is 34.7 Å². The van der Waals surface area contributed by atoms with E-state index in [1.54, 1.807) is 19.4 Å². The summed E-state index contributed by atoms with van der Waals surface area (Å²) >= 11 is 0. The molecule has 0 aliphatic rings. The minimum Gasteiger partial charge on any atom is -0.461 e. The lowest BCUT2D eigenvalue weighted by Gasteiger charge is -2.09. The molecule has 2 heterocycles. The second-order valence-corrected chi connectivity index (χ2v) is 3.94. The lowest BCUT2D eigenvalue weighted by atomic mass is 10.4. The van der Waals surface area contributed by atoms with Crippen LogP contribution in [0.4, 0.5) is 0 Å². The topological polar surface area (TPSA) is 91.1 Å². The van der Waals surface area contributed by atoms with E-state index in [1.807, 2.05) is 6.07 Å². The van der Waals surface area contributed by atoms with Gasteiger partial charge in [-0.3, -0.25) is 10.1 Å². The zero-order valence-electron chi connectivity index (χ0n) is 11.1. The van der Waals surface area contributed by atoms with Gasteiger partial charge in [0.1, 0.15) is 5.82 Å². The van der Waals surface area contributed by atoms with E-state index < -0.39 is 0 Å². The lowest BCUT2D eigenvalue weighted by molar-refractivity contribution is 0.577. The second kappa shape index (κ2) is 6.58. The van der Waals surface area contributed by atoms with Crippen molar-refractivity contribution in [3.05, 3.63) is 24.2 Å². The Kier molecular flexibility index (Phi) is 4.54. The van der Waals surface area contributed by atoms with Gasteiger partial charge in [0.05, 0.1) is 12.8 Å². The monoisotopic (exact) mass is 262 g/mol. The van der Waals surface area contributed by atoms with Gasteiger partial charge in [0.25, 0.3) is 0 Å². The van der Waals surface area contributed by atoms with Crippen LogP contribution in [0.2, 0.25) is 0 Å². The van der Waals surface area contributed by atoms with Gasteiger partial charge in [-0.15, -0.1) is 5.10 Å². The van der Waals surface area contributed by atoms with Crippen molar-refractivity contribution in [2.24, 2.45) is 4.99 Å². The fraction of sp³-hybridized carbons (Fsp3) is 0.417. The molecule has 0 radical (unpaired) electrons. The van der Waals surface area contributed by atoms with Crippen molar-refractivity contribution in [2.45, 2.75) is 19.9 Å². The first kappa shape index (κ1) is 13.1. The molecular weight excluding hydrogens is 244 g/mol. The number of rotatable bonds is 5. The molecule has 0 saturated heterocycles. The van der Waals surface area contributed by atoms with Crippen molar-refractivity contribution < 1.29 is 4.42 Å². The number of nitrogens with zero attached hydrogens (tertiary/aromatic N) is 3. The number of aromatic amines is 1. The van der Waals surface area contributed by atoms with Crippen LogP contribution in [0.5, 0.6) is 0 Å². The molecule has 19 heavy (non-hydrogen) atoms. The number of furan rings is 1. The van der Waals surface area contributed by atoms with Crippen molar-refractivity contribution >= 4 is 5.96 Å². The van der Waals surface area contributed by atoms with E-state index in [9.17, 15) is 0 Å². The molecule has 102 valence electrons. The van der Waals surface area contributed by atoms with Crippen molar-refractivity contribution in [1.82, 2.24) is 25.8 Å². The highest BCUT2D eigenvalue weighted by Crippen LogP contribution is 2.13. The third-order valence-electron chi connectivity index (χ3n) is 2.46. The number of aliphatic imine (C=N–C) groups is 1. The van der Waals surface area contributed by atoms with Crippen LogP contribution in [0.15, 0.2) is 27.8 Å². The van der Waals surface area contributed by atoms with Gasteiger partial charge in [0.2, 0.25) is 5.82 Å². The van der Waals surface area contributed by atoms with Crippen molar-refractivity contribution in [3.63, 3.8) is 0 Å². The fourth-order valence-corrected chi connectivity index (χ4v) is 1.52. The van der Waals surface area contributed by atoms with E-state index in [0.717, 1.165) is 24.7 Å². The summed E-state index contributed by atoms with van der Waals surface area (Å²) in [6.07, 6.45) is 2.64. The summed E-state index contributed by atoms with van der Waals surface area (Å²) in [7, 11) is 1.74. The van der Waals surface area contributed by atoms with Crippen LogP contribution >= 0.6 is 0 Å². The molecule has 0 fully saturated rings. The maximum Gasteiger partial charge on any atom is 0.216 e. The largest absolute Gasteiger partial charge is 0.461 e. The Balaban J connectivity index is 1.90. The molecule has 3 N–H and O–H groups in total. The predicted octanol–water partition coefficient (Wildman–Crippen LogP) is 1.14. The first-order chi connectivity index (χ1) is 9.33. The number of aromatic nitrogens is 3. The van der Waals surface area contributed by atoms with E-state index in [0.29, 0.717) is 18.1 Å². The van der Waals surface area contributed by atoms with Gasteiger partial charge in [-0.1, -0.05) is 6.92 Å². The summed E-state index contributed by atoms with van der Waals surface area (Å²) in [5, 5.41) is 13.3. The summed E-state index contributed by atoms with van der Waals surface area (Å²) in [6, 6.07) is 3.63. The van der Waals surface area contributed by atoms with E-state index in [-0.39, 0.29) is 0 Å². The summed E-state index contributed by atoms with van der Waals surface area (Å²) in [4.78, 5) is 8.44. The molecule has 0 saturated carbocycles. The van der Waals surface area contributed by atoms with Crippen molar-refractivity contribution in [2.75, 3.05) is 13.6 Å². The highest BCUT2D eigenvalue weighted by atomic mass is 16.3. The summed E-state index contributed by atoms with van der Waals surface area (Å²) in [5.74, 6) is 2.68. The van der Waals surface area contributed by atoms with E-state index in [1.165, 1.54) is 0 Å². The molecule has 0 aromatic carbocycles. The summed E-state index contributed by atoms with van der Waals surface area (Å²) in [5.41, 5.74) is 0. The zero-order valence-corrected chi connectivity index (χ0v) is 11.1. The van der Waals surface area contributed by atoms with Gasteiger partial charge >= 0.3 is 0 Å². The molecule has 7 heteroatoms. The molecule has 2 aromatic rings. The molecule has 2 aromatic heterocycles. The lowest BCUT2D eigenvalue weighted by Crippen LogP contribution is -2.37. The zero-order chi connectivity index (χ0) is 13.5. The van der Waals surface area contributed by atoms with Crippen LogP contribution in [0, 0.1) is 0 Å². The smallest absolute Gasteiger partial charge is 0.216 e. The average molecular weight is 262 g/mol. The van der Waals surface area contributed by atoms with Gasteiger partial charge in [-0.2, -0.15) is 0 Å². The number of nitrogens with one attached hydrogen (secondary N) is 3. The third-order valence-corrected chi connectivity index (χ3v) is 2.46. The molecule has 0 aliphatic carbocycles. The molecule has 0 unspecified atom stereocenters. The highest BCUT2D eigenvalue weighted by Gasteiger charge is 2.08. The SMILES string of the molecule is CCCNC(=NC)NCc1nc(-c2ccco2)n[nH]1. The van der Waals surface area contributed by atoms with E-state index >= 15 is 0 Å². The first-order valence-electron chi connectivity index (χ1n) is 6.23. The van der Waals surface area contributed by atoms with E-state index in [2.05, 4.69) is 37.7 Å². The molecule has 0 amide bonds. The minimum absolute atomic E-state index is 0.525. The van der Waals surface area contributed by atoms with Gasteiger partial charge in [-0.05, 0) is 18.6 Å².